The predicted octanol–water partition coefficient (Wildman–Crippen LogP) is 4.64. The van der Waals surface area contributed by atoms with E-state index < -0.39 is 0 Å². The Kier molecular flexibility index (Phi) is 4.62. The van der Waals surface area contributed by atoms with E-state index in [0.717, 1.165) is 40.4 Å². The Labute approximate surface area is 176 Å². The van der Waals surface area contributed by atoms with Gasteiger partial charge in [0.1, 0.15) is 0 Å². The molecule has 4 aromatic rings. The Balaban J connectivity index is 1.56. The molecule has 0 atom stereocenters. The minimum atomic E-state index is 0.761. The van der Waals surface area contributed by atoms with Crippen LogP contribution in [-0.4, -0.2) is 40.4 Å². The normalized spacial score (nSPS) is 13.6. The molecule has 2 heterocycles. The van der Waals surface area contributed by atoms with Crippen molar-refractivity contribution in [1.82, 2.24) is 19.7 Å². The van der Waals surface area contributed by atoms with Crippen molar-refractivity contribution in [3.63, 3.8) is 0 Å². The minimum Gasteiger partial charge on any atom is -0.378 e. The Morgan fingerprint density at radius 1 is 0.967 bits per heavy atom. The van der Waals surface area contributed by atoms with Crippen LogP contribution >= 0.6 is 0 Å². The molecule has 2 aromatic carbocycles. The summed E-state index contributed by atoms with van der Waals surface area (Å²) < 4.78 is 1.78. The van der Waals surface area contributed by atoms with Gasteiger partial charge in [-0.05, 0) is 55.2 Å². The topological polar surface area (TPSA) is 50.1 Å². The Hall–Kier alpha value is -3.41. The van der Waals surface area contributed by atoms with Crippen molar-refractivity contribution in [3.05, 3.63) is 61.1 Å². The second-order valence-electron chi connectivity index (χ2n) is 8.30. The summed E-state index contributed by atoms with van der Waals surface area (Å²) in [5, 5.41) is 4.26. The van der Waals surface area contributed by atoms with E-state index in [4.69, 9.17) is 4.98 Å². The van der Waals surface area contributed by atoms with Crippen LogP contribution in [0.3, 0.4) is 0 Å². The van der Waals surface area contributed by atoms with Crippen LogP contribution in [0.5, 0.6) is 0 Å². The summed E-state index contributed by atoms with van der Waals surface area (Å²) >= 11 is 0. The molecule has 152 valence electrons. The van der Waals surface area contributed by atoms with Crippen molar-refractivity contribution in [1.29, 1.82) is 0 Å². The van der Waals surface area contributed by atoms with E-state index in [1.807, 2.05) is 25.6 Å². The molecule has 5 rings (SSSR count). The summed E-state index contributed by atoms with van der Waals surface area (Å²) in [4.78, 5) is 14.1. The average molecular weight is 399 g/mol. The lowest BCUT2D eigenvalue weighted by atomic mass is 10.1. The minimum absolute atomic E-state index is 0.761. The number of fused-ring (bicyclic) bond motifs is 1. The Morgan fingerprint density at radius 2 is 1.77 bits per heavy atom. The van der Waals surface area contributed by atoms with Gasteiger partial charge in [-0.2, -0.15) is 5.10 Å². The molecule has 0 unspecified atom stereocenters. The SMILES string of the molecule is CN(C)c1cccc(N(CC2CC2)c2ccc3ncc(-c4cnn(C)c4)nc3c2)c1. The molecule has 0 amide bonds. The van der Waals surface area contributed by atoms with E-state index in [1.54, 1.807) is 4.68 Å². The molecule has 1 aliphatic carbocycles. The van der Waals surface area contributed by atoms with Gasteiger partial charge in [-0.25, -0.2) is 4.98 Å². The first kappa shape index (κ1) is 18.6. The fraction of sp³-hybridized carbons (Fsp3) is 0.292. The van der Waals surface area contributed by atoms with Crippen molar-refractivity contribution >= 4 is 28.1 Å². The lowest BCUT2D eigenvalue weighted by Gasteiger charge is -2.26. The number of rotatable bonds is 6. The molecule has 1 aliphatic rings. The van der Waals surface area contributed by atoms with Crippen LogP contribution < -0.4 is 9.80 Å². The van der Waals surface area contributed by atoms with Gasteiger partial charge < -0.3 is 9.80 Å². The van der Waals surface area contributed by atoms with E-state index >= 15 is 0 Å². The number of hydrogen-bond acceptors (Lipinski definition) is 5. The molecule has 0 N–H and O–H groups in total. The molecule has 0 saturated heterocycles. The highest BCUT2D eigenvalue weighted by Crippen LogP contribution is 2.37. The lowest BCUT2D eigenvalue weighted by molar-refractivity contribution is 0.768. The van der Waals surface area contributed by atoms with Crippen LogP contribution in [0.1, 0.15) is 12.8 Å². The van der Waals surface area contributed by atoms with Crippen LogP contribution in [0.25, 0.3) is 22.3 Å². The van der Waals surface area contributed by atoms with Gasteiger partial charge in [-0.1, -0.05) is 6.07 Å². The standard InChI is InChI=1S/C24H26N6/c1-28(2)19-5-4-6-20(11-19)30(15-17-7-8-17)21-9-10-22-23(12-21)27-24(14-25-22)18-13-26-29(3)16-18/h4-6,9-14,16-17H,7-8,15H2,1-3H3. The molecule has 30 heavy (non-hydrogen) atoms. The van der Waals surface area contributed by atoms with Gasteiger partial charge in [-0.3, -0.25) is 9.67 Å². The van der Waals surface area contributed by atoms with Gasteiger partial charge in [0.05, 0.1) is 29.1 Å². The van der Waals surface area contributed by atoms with Crippen molar-refractivity contribution < 1.29 is 0 Å². The fourth-order valence-electron chi connectivity index (χ4n) is 3.72. The van der Waals surface area contributed by atoms with Gasteiger partial charge in [0.25, 0.3) is 0 Å². The third-order valence-corrected chi connectivity index (χ3v) is 5.63. The zero-order valence-corrected chi connectivity index (χ0v) is 17.7. The zero-order chi connectivity index (χ0) is 20.7. The van der Waals surface area contributed by atoms with E-state index in [9.17, 15) is 0 Å². The smallest absolute Gasteiger partial charge is 0.0924 e. The molecule has 1 saturated carbocycles. The molecule has 1 fully saturated rings. The van der Waals surface area contributed by atoms with E-state index in [0.29, 0.717) is 0 Å². The van der Waals surface area contributed by atoms with Crippen molar-refractivity contribution in [2.24, 2.45) is 13.0 Å². The first-order chi connectivity index (χ1) is 14.6. The quantitative estimate of drug-likeness (QED) is 0.473. The molecular formula is C24H26N6. The predicted molar refractivity (Wildman–Crippen MR) is 122 cm³/mol. The third kappa shape index (κ3) is 3.73. The summed E-state index contributed by atoms with van der Waals surface area (Å²) in [5.74, 6) is 0.761. The van der Waals surface area contributed by atoms with Crippen molar-refractivity contribution in [3.8, 4) is 11.3 Å². The van der Waals surface area contributed by atoms with Gasteiger partial charge in [-0.15, -0.1) is 0 Å². The van der Waals surface area contributed by atoms with Gasteiger partial charge in [0.15, 0.2) is 0 Å². The molecular weight excluding hydrogens is 372 g/mol. The highest BCUT2D eigenvalue weighted by atomic mass is 15.2. The van der Waals surface area contributed by atoms with E-state index in [1.165, 1.54) is 24.2 Å². The van der Waals surface area contributed by atoms with Crippen LogP contribution in [-0.2, 0) is 7.05 Å². The molecule has 0 aliphatic heterocycles. The summed E-state index contributed by atoms with van der Waals surface area (Å²) in [6.07, 6.45) is 8.23. The van der Waals surface area contributed by atoms with E-state index in [2.05, 4.69) is 76.4 Å². The monoisotopic (exact) mass is 398 g/mol. The van der Waals surface area contributed by atoms with Gasteiger partial charge >= 0.3 is 0 Å². The number of nitrogens with zero attached hydrogens (tertiary/aromatic N) is 6. The second-order valence-corrected chi connectivity index (χ2v) is 8.30. The first-order valence-electron chi connectivity index (χ1n) is 10.4. The molecule has 2 aromatic heterocycles. The molecule has 0 radical (unpaired) electrons. The zero-order valence-electron chi connectivity index (χ0n) is 17.7. The second kappa shape index (κ2) is 7.44. The van der Waals surface area contributed by atoms with Crippen LogP contribution in [0.4, 0.5) is 17.1 Å². The molecule has 6 heteroatoms. The first-order valence-corrected chi connectivity index (χ1v) is 10.4. The maximum absolute atomic E-state index is 4.89. The highest BCUT2D eigenvalue weighted by molar-refractivity contribution is 5.82. The summed E-state index contributed by atoms with van der Waals surface area (Å²) in [6.45, 7) is 1.03. The third-order valence-electron chi connectivity index (χ3n) is 5.63. The summed E-state index contributed by atoms with van der Waals surface area (Å²) in [7, 11) is 6.07. The Morgan fingerprint density at radius 3 is 2.50 bits per heavy atom. The van der Waals surface area contributed by atoms with Crippen LogP contribution in [0.2, 0.25) is 0 Å². The van der Waals surface area contributed by atoms with Gasteiger partial charge in [0.2, 0.25) is 0 Å². The summed E-state index contributed by atoms with van der Waals surface area (Å²) in [5.41, 5.74) is 7.19. The summed E-state index contributed by atoms with van der Waals surface area (Å²) in [6, 6.07) is 15.1. The number of hydrogen-bond donors (Lipinski definition) is 0. The van der Waals surface area contributed by atoms with Crippen molar-refractivity contribution in [2.45, 2.75) is 12.8 Å². The maximum Gasteiger partial charge on any atom is 0.0924 e. The number of aromatic nitrogens is 4. The number of aryl methyl sites for hydroxylation is 1. The Bertz CT molecular complexity index is 1190. The molecule has 0 spiro atoms. The highest BCUT2D eigenvalue weighted by Gasteiger charge is 2.25. The van der Waals surface area contributed by atoms with Crippen molar-refractivity contribution in [2.75, 3.05) is 30.4 Å². The van der Waals surface area contributed by atoms with Gasteiger partial charge in [0, 0.05) is 56.5 Å². The van der Waals surface area contributed by atoms with Crippen LogP contribution in [0, 0.1) is 5.92 Å². The van der Waals surface area contributed by atoms with Crippen LogP contribution in [0.15, 0.2) is 61.1 Å². The maximum atomic E-state index is 4.89. The lowest BCUT2D eigenvalue weighted by Crippen LogP contribution is -2.20. The fourth-order valence-corrected chi connectivity index (χ4v) is 3.72. The molecule has 6 nitrogen and oxygen atoms in total. The number of benzene rings is 2. The number of anilines is 3. The van der Waals surface area contributed by atoms with E-state index in [-0.39, 0.29) is 0 Å². The molecule has 0 bridgehead atoms. The average Bonchev–Trinajstić information content (AvgIpc) is 3.49. The largest absolute Gasteiger partial charge is 0.378 e.